The molecule has 86 valence electrons. The molecule has 0 bridgehead atoms. The van der Waals surface area contributed by atoms with Crippen molar-refractivity contribution in [1.29, 1.82) is 0 Å². The van der Waals surface area contributed by atoms with E-state index in [-0.39, 0.29) is 11.5 Å². The predicted molar refractivity (Wildman–Crippen MR) is 59.9 cm³/mol. The van der Waals surface area contributed by atoms with E-state index in [1.54, 1.807) is 12.1 Å². The monoisotopic (exact) mass is 222 g/mol. The van der Waals surface area contributed by atoms with Crippen LogP contribution in [0.1, 0.15) is 15.9 Å². The fourth-order valence-electron chi connectivity index (χ4n) is 1.37. The summed E-state index contributed by atoms with van der Waals surface area (Å²) in [5.74, 6) is -0.196. The SMILES string of the molecule is C=CCc1cc(C(=O)OC)cc(OC)c1O. The molecule has 0 unspecified atom stereocenters. The molecule has 0 atom stereocenters. The molecule has 1 aromatic carbocycles. The van der Waals surface area contributed by atoms with Crippen molar-refractivity contribution in [3.63, 3.8) is 0 Å². The highest BCUT2D eigenvalue weighted by atomic mass is 16.5. The number of carbonyl (C=O) groups excluding carboxylic acids is 1. The number of hydrogen-bond donors (Lipinski definition) is 1. The minimum absolute atomic E-state index is 0.0232. The molecule has 4 nitrogen and oxygen atoms in total. The highest BCUT2D eigenvalue weighted by Gasteiger charge is 2.14. The highest BCUT2D eigenvalue weighted by molar-refractivity contribution is 5.90. The topological polar surface area (TPSA) is 55.8 Å². The Labute approximate surface area is 94.1 Å². The van der Waals surface area contributed by atoms with Crippen LogP contribution >= 0.6 is 0 Å². The summed E-state index contributed by atoms with van der Waals surface area (Å²) in [6.45, 7) is 3.58. The first-order valence-corrected chi connectivity index (χ1v) is 4.73. The maximum absolute atomic E-state index is 11.4. The van der Waals surface area contributed by atoms with Gasteiger partial charge in [-0.2, -0.15) is 0 Å². The number of hydrogen-bond acceptors (Lipinski definition) is 4. The molecule has 0 aliphatic carbocycles. The molecule has 0 saturated carbocycles. The largest absolute Gasteiger partial charge is 0.504 e. The average Bonchev–Trinajstić information content (AvgIpc) is 2.31. The molecule has 0 aliphatic heterocycles. The zero-order valence-corrected chi connectivity index (χ0v) is 9.32. The fraction of sp³-hybridized carbons (Fsp3) is 0.250. The van der Waals surface area contributed by atoms with Crippen molar-refractivity contribution in [3.8, 4) is 11.5 Å². The van der Waals surface area contributed by atoms with E-state index in [0.717, 1.165) is 0 Å². The second kappa shape index (κ2) is 5.21. The molecule has 0 heterocycles. The summed E-state index contributed by atoms with van der Waals surface area (Å²) in [4.78, 5) is 11.4. The molecule has 0 aromatic heterocycles. The van der Waals surface area contributed by atoms with Crippen molar-refractivity contribution in [3.05, 3.63) is 35.9 Å². The lowest BCUT2D eigenvalue weighted by Gasteiger charge is -2.10. The van der Waals surface area contributed by atoms with Crippen LogP contribution in [0, 0.1) is 0 Å². The summed E-state index contributed by atoms with van der Waals surface area (Å²) < 4.78 is 9.58. The van der Waals surface area contributed by atoms with Gasteiger partial charge in [0, 0.05) is 5.56 Å². The molecule has 1 N–H and O–H groups in total. The standard InChI is InChI=1S/C12H14O4/c1-4-5-8-6-9(12(14)16-3)7-10(15-2)11(8)13/h4,6-7,13H,1,5H2,2-3H3. The zero-order chi connectivity index (χ0) is 12.1. The summed E-state index contributed by atoms with van der Waals surface area (Å²) >= 11 is 0. The molecule has 16 heavy (non-hydrogen) atoms. The van der Waals surface area contributed by atoms with Crippen molar-refractivity contribution in [2.75, 3.05) is 14.2 Å². The smallest absolute Gasteiger partial charge is 0.337 e. The first-order chi connectivity index (χ1) is 7.63. The van der Waals surface area contributed by atoms with Gasteiger partial charge in [-0.15, -0.1) is 6.58 Å². The number of carbonyl (C=O) groups is 1. The molecule has 4 heteroatoms. The van der Waals surface area contributed by atoms with E-state index in [4.69, 9.17) is 4.74 Å². The number of benzene rings is 1. The van der Waals surface area contributed by atoms with Crippen LogP contribution in [0.2, 0.25) is 0 Å². The van der Waals surface area contributed by atoms with Gasteiger partial charge in [-0.1, -0.05) is 6.08 Å². The van der Waals surface area contributed by atoms with E-state index < -0.39 is 5.97 Å². The van der Waals surface area contributed by atoms with Gasteiger partial charge in [0.05, 0.1) is 19.8 Å². The van der Waals surface area contributed by atoms with Crippen molar-refractivity contribution in [2.24, 2.45) is 0 Å². The van der Waals surface area contributed by atoms with Crippen LogP contribution in [0.25, 0.3) is 0 Å². The van der Waals surface area contributed by atoms with Crippen LogP contribution in [0.5, 0.6) is 11.5 Å². The van der Waals surface area contributed by atoms with Crippen LogP contribution in [0.4, 0.5) is 0 Å². The Bertz CT molecular complexity index is 410. The molecular weight excluding hydrogens is 208 g/mol. The van der Waals surface area contributed by atoms with Crippen LogP contribution in [0.3, 0.4) is 0 Å². The third-order valence-electron chi connectivity index (χ3n) is 2.16. The minimum atomic E-state index is -0.469. The maximum atomic E-state index is 11.4. The van der Waals surface area contributed by atoms with E-state index in [1.807, 2.05) is 0 Å². The summed E-state index contributed by atoms with van der Waals surface area (Å²) in [6.07, 6.45) is 2.09. The Kier molecular flexibility index (Phi) is 3.94. The van der Waals surface area contributed by atoms with Crippen LogP contribution < -0.4 is 4.74 Å². The van der Waals surface area contributed by atoms with Crippen molar-refractivity contribution >= 4 is 5.97 Å². The number of phenolic OH excluding ortho intramolecular Hbond substituents is 1. The van der Waals surface area contributed by atoms with Crippen molar-refractivity contribution in [1.82, 2.24) is 0 Å². The Morgan fingerprint density at radius 2 is 2.19 bits per heavy atom. The van der Waals surface area contributed by atoms with Crippen LogP contribution in [0.15, 0.2) is 24.8 Å². The van der Waals surface area contributed by atoms with E-state index in [2.05, 4.69) is 11.3 Å². The second-order valence-corrected chi connectivity index (χ2v) is 3.17. The third kappa shape index (κ3) is 2.34. The van der Waals surface area contributed by atoms with Gasteiger partial charge in [0.2, 0.25) is 0 Å². The maximum Gasteiger partial charge on any atom is 0.337 e. The van der Waals surface area contributed by atoms with Gasteiger partial charge < -0.3 is 14.6 Å². The van der Waals surface area contributed by atoms with E-state index in [1.165, 1.54) is 20.3 Å². The van der Waals surface area contributed by atoms with Gasteiger partial charge in [-0.3, -0.25) is 0 Å². The molecule has 1 rings (SSSR count). The third-order valence-corrected chi connectivity index (χ3v) is 2.16. The fourth-order valence-corrected chi connectivity index (χ4v) is 1.37. The number of aromatic hydroxyl groups is 1. The second-order valence-electron chi connectivity index (χ2n) is 3.17. The molecule has 0 radical (unpaired) electrons. The van der Waals surface area contributed by atoms with E-state index in [0.29, 0.717) is 17.5 Å². The Hall–Kier alpha value is -1.97. The quantitative estimate of drug-likeness (QED) is 0.624. The predicted octanol–water partition coefficient (Wildman–Crippen LogP) is 1.92. The van der Waals surface area contributed by atoms with E-state index in [9.17, 15) is 9.90 Å². The van der Waals surface area contributed by atoms with Gasteiger partial charge in [-0.25, -0.2) is 4.79 Å². The lowest BCUT2D eigenvalue weighted by atomic mass is 10.1. The zero-order valence-electron chi connectivity index (χ0n) is 9.32. The normalized spacial score (nSPS) is 9.62. The Morgan fingerprint density at radius 3 is 2.69 bits per heavy atom. The molecule has 0 aliphatic rings. The number of allylic oxidation sites excluding steroid dienone is 1. The average molecular weight is 222 g/mol. The number of esters is 1. The lowest BCUT2D eigenvalue weighted by Crippen LogP contribution is -2.03. The number of phenols is 1. The lowest BCUT2D eigenvalue weighted by molar-refractivity contribution is 0.0600. The van der Waals surface area contributed by atoms with Crippen LogP contribution in [-0.2, 0) is 11.2 Å². The number of rotatable bonds is 4. The highest BCUT2D eigenvalue weighted by Crippen LogP contribution is 2.32. The number of methoxy groups -OCH3 is 2. The number of ether oxygens (including phenoxy) is 2. The van der Waals surface area contributed by atoms with Gasteiger partial charge in [0.1, 0.15) is 0 Å². The van der Waals surface area contributed by atoms with Gasteiger partial charge >= 0.3 is 5.97 Å². The minimum Gasteiger partial charge on any atom is -0.504 e. The van der Waals surface area contributed by atoms with Crippen molar-refractivity contribution < 1.29 is 19.4 Å². The van der Waals surface area contributed by atoms with Crippen molar-refractivity contribution in [2.45, 2.75) is 6.42 Å². The molecule has 0 amide bonds. The summed E-state index contributed by atoms with van der Waals surface area (Å²) in [7, 11) is 2.72. The summed E-state index contributed by atoms with van der Waals surface area (Å²) in [6, 6.07) is 3.00. The first kappa shape index (κ1) is 12.1. The molecule has 1 aromatic rings. The summed E-state index contributed by atoms with van der Waals surface area (Å²) in [5.41, 5.74) is 0.920. The Morgan fingerprint density at radius 1 is 1.50 bits per heavy atom. The van der Waals surface area contributed by atoms with Crippen LogP contribution in [-0.4, -0.2) is 25.3 Å². The molecule has 0 saturated heterocycles. The van der Waals surface area contributed by atoms with Gasteiger partial charge in [-0.05, 0) is 18.6 Å². The summed E-state index contributed by atoms with van der Waals surface area (Å²) in [5, 5.41) is 9.77. The molecular formula is C12H14O4. The first-order valence-electron chi connectivity index (χ1n) is 4.73. The molecule has 0 spiro atoms. The molecule has 0 fully saturated rings. The van der Waals surface area contributed by atoms with Gasteiger partial charge in [0.15, 0.2) is 11.5 Å². The van der Waals surface area contributed by atoms with E-state index >= 15 is 0 Å². The Balaban J connectivity index is 3.27. The van der Waals surface area contributed by atoms with Gasteiger partial charge in [0.25, 0.3) is 0 Å².